The molecule has 1 aliphatic rings. The number of halogens is 1. The Morgan fingerprint density at radius 3 is 2.68 bits per heavy atom. The Balaban J connectivity index is 1.50. The van der Waals surface area contributed by atoms with Crippen LogP contribution in [-0.2, 0) is 21.2 Å². The van der Waals surface area contributed by atoms with Gasteiger partial charge in [-0.2, -0.15) is 0 Å². The number of rotatable bonds is 4. The Bertz CT molecular complexity index is 1110. The summed E-state index contributed by atoms with van der Waals surface area (Å²) in [5.74, 6) is -0.617. The molecular formula is C20H20FN3O3S. The van der Waals surface area contributed by atoms with Crippen molar-refractivity contribution in [2.45, 2.75) is 29.5 Å². The van der Waals surface area contributed by atoms with E-state index in [0.29, 0.717) is 19.4 Å². The molecule has 0 bridgehead atoms. The monoisotopic (exact) mass is 401 g/mol. The molecule has 1 aromatic heterocycles. The summed E-state index contributed by atoms with van der Waals surface area (Å²) in [6, 6.07) is 12.4. The van der Waals surface area contributed by atoms with Crippen LogP contribution in [0.3, 0.4) is 0 Å². The average Bonchev–Trinajstić information content (AvgIpc) is 3.11. The van der Waals surface area contributed by atoms with Gasteiger partial charge >= 0.3 is 0 Å². The summed E-state index contributed by atoms with van der Waals surface area (Å²) in [7, 11) is -3.62. The van der Waals surface area contributed by atoms with Gasteiger partial charge in [0.15, 0.2) is 9.84 Å². The molecule has 2 aromatic carbocycles. The molecular weight excluding hydrogens is 381 g/mol. The van der Waals surface area contributed by atoms with Crippen LogP contribution in [-0.4, -0.2) is 47.1 Å². The van der Waals surface area contributed by atoms with Gasteiger partial charge in [-0.3, -0.25) is 4.79 Å². The van der Waals surface area contributed by atoms with E-state index >= 15 is 0 Å². The molecule has 28 heavy (non-hydrogen) atoms. The van der Waals surface area contributed by atoms with Gasteiger partial charge in [0, 0.05) is 13.1 Å². The van der Waals surface area contributed by atoms with Crippen LogP contribution in [0, 0.1) is 5.82 Å². The zero-order valence-corrected chi connectivity index (χ0v) is 16.0. The quantitative estimate of drug-likeness (QED) is 0.630. The van der Waals surface area contributed by atoms with E-state index in [4.69, 9.17) is 0 Å². The Kier molecular flexibility index (Phi) is 4.89. The highest BCUT2D eigenvalue weighted by atomic mass is 32.2. The molecule has 4 rings (SSSR count). The molecule has 0 N–H and O–H groups in total. The van der Waals surface area contributed by atoms with Crippen molar-refractivity contribution in [2.24, 2.45) is 0 Å². The van der Waals surface area contributed by atoms with E-state index < -0.39 is 20.9 Å². The molecule has 2 heterocycles. The normalized spacial score (nSPS) is 17.8. The van der Waals surface area contributed by atoms with Crippen LogP contribution in [0.15, 0.2) is 59.8 Å². The average molecular weight is 401 g/mol. The van der Waals surface area contributed by atoms with E-state index in [9.17, 15) is 17.6 Å². The number of piperidine rings is 1. The first-order chi connectivity index (χ1) is 13.4. The van der Waals surface area contributed by atoms with Gasteiger partial charge in [0.05, 0.1) is 27.5 Å². The summed E-state index contributed by atoms with van der Waals surface area (Å²) in [5.41, 5.74) is 1.68. The highest BCUT2D eigenvalue weighted by Gasteiger charge is 2.33. The first-order valence-corrected chi connectivity index (χ1v) is 10.7. The van der Waals surface area contributed by atoms with E-state index in [2.05, 4.69) is 4.98 Å². The van der Waals surface area contributed by atoms with Gasteiger partial charge in [0.1, 0.15) is 12.4 Å². The summed E-state index contributed by atoms with van der Waals surface area (Å²) >= 11 is 0. The highest BCUT2D eigenvalue weighted by molar-refractivity contribution is 7.92. The molecule has 0 radical (unpaired) electrons. The summed E-state index contributed by atoms with van der Waals surface area (Å²) in [4.78, 5) is 18.8. The van der Waals surface area contributed by atoms with Crippen LogP contribution in [0.4, 0.5) is 4.39 Å². The van der Waals surface area contributed by atoms with Crippen molar-refractivity contribution < 1.29 is 17.6 Å². The summed E-state index contributed by atoms with van der Waals surface area (Å²) in [6.07, 6.45) is 2.72. The Hall–Kier alpha value is -2.74. The van der Waals surface area contributed by atoms with Gasteiger partial charge in [-0.1, -0.05) is 12.1 Å². The number of para-hydroxylation sites is 2. The number of nitrogens with zero attached hydrogens (tertiary/aromatic N) is 3. The van der Waals surface area contributed by atoms with Crippen LogP contribution in [0.1, 0.15) is 12.8 Å². The van der Waals surface area contributed by atoms with Crippen LogP contribution in [0.2, 0.25) is 0 Å². The van der Waals surface area contributed by atoms with E-state index in [1.54, 1.807) is 15.8 Å². The van der Waals surface area contributed by atoms with E-state index in [1.165, 1.54) is 12.1 Å². The SMILES string of the molecule is O=C(Cn1cnc2ccccc21)N1CCC[C@@H](S(=O)(=O)c2ccc(F)cc2)C1. The third-order valence-corrected chi connectivity index (χ3v) is 7.34. The minimum absolute atomic E-state index is 0.0915. The molecule has 8 heteroatoms. The number of benzene rings is 2. The Morgan fingerprint density at radius 1 is 1.14 bits per heavy atom. The Morgan fingerprint density at radius 2 is 1.89 bits per heavy atom. The van der Waals surface area contributed by atoms with Crippen LogP contribution in [0.25, 0.3) is 11.0 Å². The van der Waals surface area contributed by atoms with Crippen molar-refractivity contribution in [2.75, 3.05) is 13.1 Å². The molecule has 1 saturated heterocycles. The minimum Gasteiger partial charge on any atom is -0.340 e. The van der Waals surface area contributed by atoms with Gasteiger partial charge in [-0.25, -0.2) is 17.8 Å². The van der Waals surface area contributed by atoms with Crippen molar-refractivity contribution in [1.29, 1.82) is 0 Å². The summed E-state index contributed by atoms with van der Waals surface area (Å²) < 4.78 is 40.7. The van der Waals surface area contributed by atoms with E-state index in [0.717, 1.165) is 23.2 Å². The molecule has 0 spiro atoms. The minimum atomic E-state index is -3.62. The molecule has 1 aliphatic heterocycles. The van der Waals surface area contributed by atoms with Gasteiger partial charge in [-0.15, -0.1) is 0 Å². The molecule has 0 unspecified atom stereocenters. The lowest BCUT2D eigenvalue weighted by Gasteiger charge is -2.32. The molecule has 6 nitrogen and oxygen atoms in total. The van der Waals surface area contributed by atoms with Crippen molar-refractivity contribution in [1.82, 2.24) is 14.5 Å². The topological polar surface area (TPSA) is 72.3 Å². The predicted octanol–water partition coefficient (Wildman–Crippen LogP) is 2.64. The fourth-order valence-corrected chi connectivity index (χ4v) is 5.37. The fourth-order valence-electron chi connectivity index (χ4n) is 3.62. The van der Waals surface area contributed by atoms with Crippen molar-refractivity contribution in [3.05, 3.63) is 60.7 Å². The number of imidazole rings is 1. The van der Waals surface area contributed by atoms with Gasteiger partial charge < -0.3 is 9.47 Å². The van der Waals surface area contributed by atoms with E-state index in [1.807, 2.05) is 24.3 Å². The first-order valence-electron chi connectivity index (χ1n) is 9.12. The van der Waals surface area contributed by atoms with Crippen molar-refractivity contribution in [3.63, 3.8) is 0 Å². The molecule has 1 fully saturated rings. The standard InChI is InChI=1S/C20H20FN3O3S/c21-15-7-9-16(10-8-15)28(26,27)17-4-3-11-23(12-17)20(25)13-24-14-22-18-5-1-2-6-19(18)24/h1-2,5-10,14,17H,3-4,11-13H2/t17-/m1/s1. The van der Waals surface area contributed by atoms with Crippen molar-refractivity contribution in [3.8, 4) is 0 Å². The lowest BCUT2D eigenvalue weighted by Crippen LogP contribution is -2.46. The van der Waals surface area contributed by atoms with Gasteiger partial charge in [-0.05, 0) is 49.2 Å². The third kappa shape index (κ3) is 3.52. The number of amides is 1. The smallest absolute Gasteiger partial charge is 0.242 e. The Labute approximate surface area is 162 Å². The fraction of sp³-hybridized carbons (Fsp3) is 0.300. The number of fused-ring (bicyclic) bond motifs is 1. The molecule has 0 saturated carbocycles. The maximum atomic E-state index is 13.1. The number of likely N-dealkylation sites (tertiary alicyclic amines) is 1. The molecule has 0 aliphatic carbocycles. The molecule has 3 aromatic rings. The number of carbonyl (C=O) groups is 1. The van der Waals surface area contributed by atoms with E-state index in [-0.39, 0.29) is 23.9 Å². The number of carbonyl (C=O) groups excluding carboxylic acids is 1. The molecule has 1 atom stereocenters. The second kappa shape index (κ2) is 7.35. The lowest BCUT2D eigenvalue weighted by molar-refractivity contribution is -0.132. The maximum absolute atomic E-state index is 13.1. The zero-order valence-electron chi connectivity index (χ0n) is 15.2. The predicted molar refractivity (Wildman–Crippen MR) is 103 cm³/mol. The number of hydrogen-bond acceptors (Lipinski definition) is 4. The lowest BCUT2D eigenvalue weighted by atomic mass is 10.1. The second-order valence-electron chi connectivity index (χ2n) is 6.96. The largest absolute Gasteiger partial charge is 0.340 e. The van der Waals surface area contributed by atoms with Gasteiger partial charge in [0.2, 0.25) is 5.91 Å². The maximum Gasteiger partial charge on any atom is 0.242 e. The van der Waals surface area contributed by atoms with Crippen LogP contribution >= 0.6 is 0 Å². The van der Waals surface area contributed by atoms with Crippen molar-refractivity contribution >= 4 is 26.8 Å². The number of aromatic nitrogens is 2. The van der Waals surface area contributed by atoms with Crippen LogP contribution in [0.5, 0.6) is 0 Å². The van der Waals surface area contributed by atoms with Gasteiger partial charge in [0.25, 0.3) is 0 Å². The van der Waals surface area contributed by atoms with Crippen LogP contribution < -0.4 is 0 Å². The number of hydrogen-bond donors (Lipinski definition) is 0. The third-order valence-electron chi connectivity index (χ3n) is 5.14. The summed E-state index contributed by atoms with van der Waals surface area (Å²) in [5, 5.41) is -0.685. The summed E-state index contributed by atoms with van der Waals surface area (Å²) in [6.45, 7) is 0.788. The zero-order chi connectivity index (χ0) is 19.7. The number of sulfone groups is 1. The highest BCUT2D eigenvalue weighted by Crippen LogP contribution is 2.24. The second-order valence-corrected chi connectivity index (χ2v) is 9.19. The molecule has 146 valence electrons. The molecule has 1 amide bonds. The first kappa shape index (κ1) is 18.6.